The van der Waals surface area contributed by atoms with E-state index in [1.54, 1.807) is 0 Å². The molecule has 0 radical (unpaired) electrons. The van der Waals surface area contributed by atoms with E-state index in [9.17, 15) is 0 Å². The van der Waals surface area contributed by atoms with Crippen LogP contribution in [0.25, 0.3) is 0 Å². The lowest BCUT2D eigenvalue weighted by Crippen LogP contribution is -2.37. The number of hydrogen-bond acceptors (Lipinski definition) is 3. The molecule has 4 heteroatoms. The van der Waals surface area contributed by atoms with Gasteiger partial charge in [0.25, 0.3) is 0 Å². The van der Waals surface area contributed by atoms with Crippen LogP contribution < -0.4 is 11.3 Å². The first kappa shape index (κ1) is 8.26. The fraction of sp³-hybridized carbons (Fsp3) is 0.429. The molecule has 1 unspecified atom stereocenters. The fourth-order valence-electron chi connectivity index (χ4n) is 1.05. The third-order valence-electron chi connectivity index (χ3n) is 1.61. The molecule has 0 aliphatic carbocycles. The topological polar surface area (TPSA) is 57.1 Å². The van der Waals surface area contributed by atoms with Crippen molar-refractivity contribution in [2.24, 2.45) is 5.84 Å². The molecule has 0 saturated carbocycles. The molecule has 0 spiro atoms. The van der Waals surface area contributed by atoms with Crippen LogP contribution in [0.15, 0.2) is 18.5 Å². The standard InChI is InChI=1S/C7H14N4/c1-11(2)7(10-8)6-3-4-9-5-6/h3-5,7,9-10H,8H2,1-2H3. The Kier molecular flexibility index (Phi) is 2.64. The molecule has 1 atom stereocenters. The number of hydrazine groups is 1. The number of aromatic nitrogens is 1. The predicted molar refractivity (Wildman–Crippen MR) is 44.5 cm³/mol. The second-order valence-corrected chi connectivity index (χ2v) is 2.68. The molecule has 4 nitrogen and oxygen atoms in total. The Balaban J connectivity index is 2.71. The number of hydrogen-bond donors (Lipinski definition) is 3. The van der Waals surface area contributed by atoms with Crippen molar-refractivity contribution < 1.29 is 0 Å². The molecule has 0 bridgehead atoms. The fourth-order valence-corrected chi connectivity index (χ4v) is 1.05. The van der Waals surface area contributed by atoms with Gasteiger partial charge in [0.1, 0.15) is 0 Å². The minimum atomic E-state index is 0.0845. The van der Waals surface area contributed by atoms with E-state index in [0.29, 0.717) is 0 Å². The molecule has 0 amide bonds. The smallest absolute Gasteiger partial charge is 0.0995 e. The number of nitrogens with two attached hydrogens (primary N) is 1. The highest BCUT2D eigenvalue weighted by atomic mass is 15.4. The van der Waals surface area contributed by atoms with Gasteiger partial charge in [0.15, 0.2) is 0 Å². The monoisotopic (exact) mass is 154 g/mol. The van der Waals surface area contributed by atoms with E-state index in [1.807, 2.05) is 37.5 Å². The van der Waals surface area contributed by atoms with Gasteiger partial charge in [0.05, 0.1) is 6.17 Å². The highest BCUT2D eigenvalue weighted by Gasteiger charge is 2.10. The molecule has 1 aromatic heterocycles. The molecule has 62 valence electrons. The van der Waals surface area contributed by atoms with Crippen LogP contribution in [0.5, 0.6) is 0 Å². The average Bonchev–Trinajstić information content (AvgIpc) is 2.40. The first-order valence-electron chi connectivity index (χ1n) is 3.51. The van der Waals surface area contributed by atoms with Crippen LogP contribution >= 0.6 is 0 Å². The van der Waals surface area contributed by atoms with Gasteiger partial charge < -0.3 is 4.98 Å². The van der Waals surface area contributed by atoms with E-state index in [2.05, 4.69) is 10.4 Å². The van der Waals surface area contributed by atoms with E-state index in [4.69, 9.17) is 5.84 Å². The first-order valence-corrected chi connectivity index (χ1v) is 3.51. The van der Waals surface area contributed by atoms with Crippen molar-refractivity contribution in [2.75, 3.05) is 14.1 Å². The molecule has 0 aliphatic heterocycles. The Hall–Kier alpha value is -0.840. The SMILES string of the molecule is CN(C)C(NN)c1cc[nH]c1. The van der Waals surface area contributed by atoms with Crippen LogP contribution in [0.2, 0.25) is 0 Å². The molecule has 0 aliphatic rings. The van der Waals surface area contributed by atoms with Crippen molar-refractivity contribution >= 4 is 0 Å². The largest absolute Gasteiger partial charge is 0.367 e. The van der Waals surface area contributed by atoms with Gasteiger partial charge in [-0.05, 0) is 20.2 Å². The lowest BCUT2D eigenvalue weighted by atomic mass is 10.2. The molecule has 1 heterocycles. The summed E-state index contributed by atoms with van der Waals surface area (Å²) in [5.74, 6) is 5.36. The van der Waals surface area contributed by atoms with Gasteiger partial charge in [0, 0.05) is 18.0 Å². The van der Waals surface area contributed by atoms with Gasteiger partial charge in [-0.3, -0.25) is 10.7 Å². The number of nitrogens with one attached hydrogen (secondary N) is 2. The van der Waals surface area contributed by atoms with Gasteiger partial charge in [-0.1, -0.05) is 0 Å². The van der Waals surface area contributed by atoms with Gasteiger partial charge >= 0.3 is 0 Å². The Morgan fingerprint density at radius 1 is 1.64 bits per heavy atom. The molecule has 0 fully saturated rings. The minimum absolute atomic E-state index is 0.0845. The second kappa shape index (κ2) is 3.52. The van der Waals surface area contributed by atoms with E-state index in [-0.39, 0.29) is 6.17 Å². The maximum Gasteiger partial charge on any atom is 0.0995 e. The van der Waals surface area contributed by atoms with Crippen LogP contribution in [0.1, 0.15) is 11.7 Å². The zero-order chi connectivity index (χ0) is 8.27. The molecule has 1 rings (SSSR count). The van der Waals surface area contributed by atoms with Crippen molar-refractivity contribution in [3.05, 3.63) is 24.0 Å². The molecule has 1 aromatic rings. The summed E-state index contributed by atoms with van der Waals surface area (Å²) in [6, 6.07) is 1.99. The molecule has 0 saturated heterocycles. The molecule has 0 aromatic carbocycles. The molecular weight excluding hydrogens is 140 g/mol. The van der Waals surface area contributed by atoms with Crippen molar-refractivity contribution in [1.82, 2.24) is 15.3 Å². The third kappa shape index (κ3) is 1.80. The van der Waals surface area contributed by atoms with Crippen molar-refractivity contribution in [2.45, 2.75) is 6.17 Å². The summed E-state index contributed by atoms with van der Waals surface area (Å²) in [6.45, 7) is 0. The van der Waals surface area contributed by atoms with E-state index in [0.717, 1.165) is 5.56 Å². The van der Waals surface area contributed by atoms with Gasteiger partial charge in [-0.15, -0.1) is 0 Å². The maximum atomic E-state index is 5.36. The summed E-state index contributed by atoms with van der Waals surface area (Å²) < 4.78 is 0. The minimum Gasteiger partial charge on any atom is -0.367 e. The van der Waals surface area contributed by atoms with Crippen LogP contribution in [-0.2, 0) is 0 Å². The Labute approximate surface area is 66.4 Å². The summed E-state index contributed by atoms with van der Waals surface area (Å²) in [4.78, 5) is 4.98. The van der Waals surface area contributed by atoms with Crippen LogP contribution in [0.4, 0.5) is 0 Å². The number of aromatic amines is 1. The van der Waals surface area contributed by atoms with Crippen molar-refractivity contribution in [3.63, 3.8) is 0 Å². The van der Waals surface area contributed by atoms with E-state index >= 15 is 0 Å². The van der Waals surface area contributed by atoms with Crippen molar-refractivity contribution in [3.8, 4) is 0 Å². The zero-order valence-electron chi connectivity index (χ0n) is 6.83. The second-order valence-electron chi connectivity index (χ2n) is 2.68. The summed E-state index contributed by atoms with van der Waals surface area (Å²) in [5, 5.41) is 0. The summed E-state index contributed by atoms with van der Waals surface area (Å²) in [6.07, 6.45) is 3.88. The Morgan fingerprint density at radius 3 is 2.73 bits per heavy atom. The van der Waals surface area contributed by atoms with Crippen LogP contribution in [-0.4, -0.2) is 24.0 Å². The Bertz CT molecular complexity index is 192. The van der Waals surface area contributed by atoms with Gasteiger partial charge in [-0.2, -0.15) is 0 Å². The predicted octanol–water partition coefficient (Wildman–Crippen LogP) is 0.0382. The van der Waals surface area contributed by atoms with Gasteiger partial charge in [0.2, 0.25) is 0 Å². The summed E-state index contributed by atoms with van der Waals surface area (Å²) in [7, 11) is 3.94. The number of rotatable bonds is 3. The summed E-state index contributed by atoms with van der Waals surface area (Å²) >= 11 is 0. The zero-order valence-corrected chi connectivity index (χ0v) is 6.83. The lowest BCUT2D eigenvalue weighted by Gasteiger charge is -2.21. The van der Waals surface area contributed by atoms with Crippen LogP contribution in [0.3, 0.4) is 0 Å². The van der Waals surface area contributed by atoms with Crippen molar-refractivity contribution in [1.29, 1.82) is 0 Å². The highest BCUT2D eigenvalue weighted by Crippen LogP contribution is 2.11. The highest BCUT2D eigenvalue weighted by molar-refractivity contribution is 5.12. The Morgan fingerprint density at radius 2 is 2.36 bits per heavy atom. The van der Waals surface area contributed by atoms with E-state index < -0.39 is 0 Å². The molecule has 4 N–H and O–H groups in total. The van der Waals surface area contributed by atoms with Gasteiger partial charge in [-0.25, -0.2) is 5.43 Å². The van der Waals surface area contributed by atoms with E-state index in [1.165, 1.54) is 0 Å². The lowest BCUT2D eigenvalue weighted by molar-refractivity contribution is 0.253. The third-order valence-corrected chi connectivity index (χ3v) is 1.61. The number of nitrogens with zero attached hydrogens (tertiary/aromatic N) is 1. The normalized spacial score (nSPS) is 13.8. The summed E-state index contributed by atoms with van der Waals surface area (Å²) in [5.41, 5.74) is 3.85. The molecule has 11 heavy (non-hydrogen) atoms. The molecular formula is C7H14N4. The quantitative estimate of drug-likeness (QED) is 0.327. The average molecular weight is 154 g/mol. The maximum absolute atomic E-state index is 5.36. The number of H-pyrrole nitrogens is 1. The van der Waals surface area contributed by atoms with Crippen LogP contribution in [0, 0.1) is 0 Å². The first-order chi connectivity index (χ1) is 5.25.